The molecule has 0 spiro atoms. The monoisotopic (exact) mass is 409 g/mol. The minimum Gasteiger partial charge on any atom is -0.462 e. The molecule has 3 amide bonds. The number of para-hydroxylation sites is 1. The number of urea groups is 1. The van der Waals surface area contributed by atoms with Crippen molar-refractivity contribution in [3.05, 3.63) is 65.7 Å². The van der Waals surface area contributed by atoms with Crippen LogP contribution in [0.3, 0.4) is 0 Å². The summed E-state index contributed by atoms with van der Waals surface area (Å²) in [5.41, 5.74) is 1.73. The average Bonchev–Trinajstić information content (AvgIpc) is 3.07. The Balaban J connectivity index is 1.55. The second kappa shape index (κ2) is 10.4. The zero-order valence-electron chi connectivity index (χ0n) is 17.1. The lowest BCUT2D eigenvalue weighted by Crippen LogP contribution is -2.39. The SMILES string of the molecule is CCCCOC(=O)c1ccccc1NC(=O)NC1CC(=O)N(Cc2ccccc2)C1. The molecule has 2 aromatic carbocycles. The summed E-state index contributed by atoms with van der Waals surface area (Å²) < 4.78 is 5.25. The molecule has 7 heteroatoms. The molecular weight excluding hydrogens is 382 g/mol. The Labute approximate surface area is 176 Å². The van der Waals surface area contributed by atoms with E-state index >= 15 is 0 Å². The number of likely N-dealkylation sites (tertiary alicyclic amines) is 1. The summed E-state index contributed by atoms with van der Waals surface area (Å²) in [6.07, 6.45) is 1.97. The molecule has 1 unspecified atom stereocenters. The fraction of sp³-hybridized carbons (Fsp3) is 0.348. The zero-order chi connectivity index (χ0) is 21.3. The molecule has 0 aliphatic carbocycles. The average molecular weight is 409 g/mol. The topological polar surface area (TPSA) is 87.7 Å². The summed E-state index contributed by atoms with van der Waals surface area (Å²) >= 11 is 0. The second-order valence-electron chi connectivity index (χ2n) is 7.29. The van der Waals surface area contributed by atoms with Crippen LogP contribution in [0.4, 0.5) is 10.5 Å². The molecule has 1 heterocycles. The Kier molecular flexibility index (Phi) is 7.43. The van der Waals surface area contributed by atoms with Gasteiger partial charge in [-0.3, -0.25) is 4.79 Å². The standard InChI is InChI=1S/C23H27N3O4/c1-2-3-13-30-22(28)19-11-7-8-12-20(19)25-23(29)24-18-14-21(27)26(16-18)15-17-9-5-4-6-10-17/h4-12,18H,2-3,13-16H2,1H3,(H2,24,25,29). The summed E-state index contributed by atoms with van der Waals surface area (Å²) in [6, 6.07) is 15.7. The smallest absolute Gasteiger partial charge is 0.340 e. The molecule has 0 radical (unpaired) electrons. The van der Waals surface area contributed by atoms with Crippen molar-refractivity contribution in [1.29, 1.82) is 0 Å². The summed E-state index contributed by atoms with van der Waals surface area (Å²) in [5.74, 6) is -0.464. The molecule has 1 fully saturated rings. The van der Waals surface area contributed by atoms with Crippen molar-refractivity contribution >= 4 is 23.6 Å². The number of unbranched alkanes of at least 4 members (excludes halogenated alkanes) is 1. The summed E-state index contributed by atoms with van der Waals surface area (Å²) in [6.45, 7) is 3.33. The van der Waals surface area contributed by atoms with Crippen LogP contribution in [0.15, 0.2) is 54.6 Å². The van der Waals surface area contributed by atoms with Gasteiger partial charge < -0.3 is 20.3 Å². The van der Waals surface area contributed by atoms with Gasteiger partial charge in [0.2, 0.25) is 5.91 Å². The first kappa shape index (κ1) is 21.4. The summed E-state index contributed by atoms with van der Waals surface area (Å²) in [4.78, 5) is 38.8. The van der Waals surface area contributed by atoms with Gasteiger partial charge in [0, 0.05) is 19.5 Å². The van der Waals surface area contributed by atoms with E-state index in [-0.39, 0.29) is 18.4 Å². The summed E-state index contributed by atoms with van der Waals surface area (Å²) in [5, 5.41) is 5.53. The normalized spacial score (nSPS) is 15.7. The number of hydrogen-bond acceptors (Lipinski definition) is 4. The molecule has 0 saturated carbocycles. The van der Waals surface area contributed by atoms with Crippen molar-refractivity contribution < 1.29 is 19.1 Å². The first-order valence-corrected chi connectivity index (χ1v) is 10.2. The van der Waals surface area contributed by atoms with Crippen molar-refractivity contribution in [1.82, 2.24) is 10.2 Å². The van der Waals surface area contributed by atoms with Crippen LogP contribution < -0.4 is 10.6 Å². The van der Waals surface area contributed by atoms with Gasteiger partial charge in [0.25, 0.3) is 0 Å². The maximum Gasteiger partial charge on any atom is 0.340 e. The number of hydrogen-bond donors (Lipinski definition) is 2. The van der Waals surface area contributed by atoms with Crippen LogP contribution in [0, 0.1) is 0 Å². The van der Waals surface area contributed by atoms with Gasteiger partial charge >= 0.3 is 12.0 Å². The molecule has 1 saturated heterocycles. The predicted molar refractivity (Wildman–Crippen MR) is 114 cm³/mol. The highest BCUT2D eigenvalue weighted by molar-refractivity contribution is 6.01. The van der Waals surface area contributed by atoms with Gasteiger partial charge in [-0.25, -0.2) is 9.59 Å². The Morgan fingerprint density at radius 3 is 2.60 bits per heavy atom. The molecule has 2 N–H and O–H groups in total. The number of anilines is 1. The van der Waals surface area contributed by atoms with E-state index in [1.165, 1.54) is 0 Å². The highest BCUT2D eigenvalue weighted by Crippen LogP contribution is 2.18. The third-order valence-corrected chi connectivity index (χ3v) is 4.89. The minimum atomic E-state index is -0.468. The lowest BCUT2D eigenvalue weighted by atomic mass is 10.2. The van der Waals surface area contributed by atoms with E-state index in [1.54, 1.807) is 29.2 Å². The molecule has 1 aliphatic rings. The van der Waals surface area contributed by atoms with E-state index in [4.69, 9.17) is 4.74 Å². The van der Waals surface area contributed by atoms with E-state index in [1.807, 2.05) is 37.3 Å². The van der Waals surface area contributed by atoms with Crippen LogP contribution in [0.1, 0.15) is 42.1 Å². The molecule has 1 atom stereocenters. The fourth-order valence-electron chi connectivity index (χ4n) is 3.33. The van der Waals surface area contributed by atoms with Crippen LogP contribution in [0.5, 0.6) is 0 Å². The van der Waals surface area contributed by atoms with Gasteiger partial charge in [0.05, 0.1) is 23.9 Å². The highest BCUT2D eigenvalue weighted by atomic mass is 16.5. The Hall–Kier alpha value is -3.35. The number of carbonyl (C=O) groups is 3. The van der Waals surface area contributed by atoms with E-state index in [9.17, 15) is 14.4 Å². The maximum absolute atomic E-state index is 12.5. The fourth-order valence-corrected chi connectivity index (χ4v) is 3.33. The number of benzene rings is 2. The Bertz CT molecular complexity index is 885. The molecule has 0 aromatic heterocycles. The van der Waals surface area contributed by atoms with E-state index in [0.29, 0.717) is 30.9 Å². The number of amides is 3. The lowest BCUT2D eigenvalue weighted by Gasteiger charge is -2.18. The van der Waals surface area contributed by atoms with Crippen LogP contribution in [0.25, 0.3) is 0 Å². The number of carbonyl (C=O) groups excluding carboxylic acids is 3. The molecule has 158 valence electrons. The molecular formula is C23H27N3O4. The Morgan fingerprint density at radius 2 is 1.83 bits per heavy atom. The number of rotatable bonds is 8. The van der Waals surface area contributed by atoms with Crippen molar-refractivity contribution in [3.63, 3.8) is 0 Å². The number of esters is 1. The maximum atomic E-state index is 12.5. The second-order valence-corrected chi connectivity index (χ2v) is 7.29. The number of nitrogens with zero attached hydrogens (tertiary/aromatic N) is 1. The minimum absolute atomic E-state index is 0.00375. The molecule has 3 rings (SSSR count). The number of ether oxygens (including phenoxy) is 1. The van der Waals surface area contributed by atoms with Crippen molar-refractivity contribution in [2.75, 3.05) is 18.5 Å². The van der Waals surface area contributed by atoms with E-state index in [0.717, 1.165) is 18.4 Å². The first-order chi connectivity index (χ1) is 14.6. The quantitative estimate of drug-likeness (QED) is 0.515. The van der Waals surface area contributed by atoms with Crippen molar-refractivity contribution in [2.24, 2.45) is 0 Å². The van der Waals surface area contributed by atoms with Gasteiger partial charge in [0.1, 0.15) is 0 Å². The van der Waals surface area contributed by atoms with E-state index < -0.39 is 12.0 Å². The highest BCUT2D eigenvalue weighted by Gasteiger charge is 2.30. The predicted octanol–water partition coefficient (Wildman–Crippen LogP) is 3.57. The van der Waals surface area contributed by atoms with Gasteiger partial charge in [-0.15, -0.1) is 0 Å². The molecule has 0 bridgehead atoms. The van der Waals surface area contributed by atoms with Gasteiger partial charge in [-0.2, -0.15) is 0 Å². The molecule has 7 nitrogen and oxygen atoms in total. The van der Waals surface area contributed by atoms with Crippen LogP contribution in [0.2, 0.25) is 0 Å². The van der Waals surface area contributed by atoms with Crippen LogP contribution in [-0.4, -0.2) is 42.0 Å². The Morgan fingerprint density at radius 1 is 1.10 bits per heavy atom. The number of nitrogens with one attached hydrogen (secondary N) is 2. The van der Waals surface area contributed by atoms with Gasteiger partial charge in [-0.1, -0.05) is 55.8 Å². The lowest BCUT2D eigenvalue weighted by molar-refractivity contribution is -0.128. The third-order valence-electron chi connectivity index (χ3n) is 4.89. The molecule has 1 aliphatic heterocycles. The third kappa shape index (κ3) is 5.83. The van der Waals surface area contributed by atoms with Crippen LogP contribution in [-0.2, 0) is 16.1 Å². The zero-order valence-corrected chi connectivity index (χ0v) is 17.1. The van der Waals surface area contributed by atoms with Crippen molar-refractivity contribution in [3.8, 4) is 0 Å². The van der Waals surface area contributed by atoms with Crippen molar-refractivity contribution in [2.45, 2.75) is 38.8 Å². The summed E-state index contributed by atoms with van der Waals surface area (Å²) in [7, 11) is 0. The van der Waals surface area contributed by atoms with Gasteiger partial charge in [0.15, 0.2) is 0 Å². The molecule has 30 heavy (non-hydrogen) atoms. The largest absolute Gasteiger partial charge is 0.462 e. The van der Waals surface area contributed by atoms with E-state index in [2.05, 4.69) is 10.6 Å². The van der Waals surface area contributed by atoms with Gasteiger partial charge in [-0.05, 0) is 24.1 Å². The molecule has 2 aromatic rings. The van der Waals surface area contributed by atoms with Crippen LogP contribution >= 0.6 is 0 Å². The first-order valence-electron chi connectivity index (χ1n) is 10.2.